The van der Waals surface area contributed by atoms with E-state index in [1.165, 1.54) is 0 Å². The number of carbonyl (C=O) groups is 1. The average molecular weight is 354 g/mol. The Morgan fingerprint density at radius 2 is 1.88 bits per heavy atom. The van der Waals surface area contributed by atoms with E-state index in [2.05, 4.69) is 11.0 Å². The van der Waals surface area contributed by atoms with E-state index in [9.17, 15) is 4.79 Å². The van der Waals surface area contributed by atoms with Crippen LogP contribution in [0.25, 0.3) is 0 Å². The minimum absolute atomic E-state index is 0.0862. The first-order valence-electron chi connectivity index (χ1n) is 8.24. The number of anilines is 1. The van der Waals surface area contributed by atoms with Crippen molar-refractivity contribution in [3.05, 3.63) is 64.7 Å². The van der Waals surface area contributed by atoms with Crippen LogP contribution < -0.4 is 4.90 Å². The SMILES string of the molecule is CC1(C)C(=O)N(Cc2ccccc2)CCN1c1ccc(C#N)c(Cl)c1. The number of nitriles is 1. The summed E-state index contributed by atoms with van der Waals surface area (Å²) in [6, 6.07) is 17.4. The molecule has 0 radical (unpaired) electrons. The summed E-state index contributed by atoms with van der Waals surface area (Å²) in [5.41, 5.74) is 1.75. The number of halogens is 1. The van der Waals surface area contributed by atoms with Crippen molar-refractivity contribution < 1.29 is 4.79 Å². The first-order valence-corrected chi connectivity index (χ1v) is 8.62. The normalized spacial score (nSPS) is 16.6. The minimum Gasteiger partial charge on any atom is -0.356 e. The predicted molar refractivity (Wildman–Crippen MR) is 99.5 cm³/mol. The van der Waals surface area contributed by atoms with Gasteiger partial charge in [0.25, 0.3) is 0 Å². The summed E-state index contributed by atoms with van der Waals surface area (Å²) in [5.74, 6) is 0.0862. The molecule has 0 saturated carbocycles. The predicted octanol–water partition coefficient (Wildman–Crippen LogP) is 3.84. The van der Waals surface area contributed by atoms with Crippen molar-refractivity contribution >= 4 is 23.2 Å². The Hall–Kier alpha value is -2.51. The number of carbonyl (C=O) groups excluding carboxylic acids is 1. The Labute approximate surface area is 153 Å². The van der Waals surface area contributed by atoms with Gasteiger partial charge in [-0.3, -0.25) is 4.79 Å². The van der Waals surface area contributed by atoms with Crippen molar-refractivity contribution in [2.45, 2.75) is 25.9 Å². The molecular weight excluding hydrogens is 334 g/mol. The molecule has 4 nitrogen and oxygen atoms in total. The summed E-state index contributed by atoms with van der Waals surface area (Å²) in [4.78, 5) is 17.0. The maximum atomic E-state index is 13.0. The Bertz CT molecular complexity index is 827. The quantitative estimate of drug-likeness (QED) is 0.842. The van der Waals surface area contributed by atoms with Crippen molar-refractivity contribution in [2.24, 2.45) is 0 Å². The molecule has 1 fully saturated rings. The van der Waals surface area contributed by atoms with Crippen LogP contribution in [-0.4, -0.2) is 29.4 Å². The molecule has 2 aromatic rings. The zero-order chi connectivity index (χ0) is 18.0. The zero-order valence-electron chi connectivity index (χ0n) is 14.4. The van der Waals surface area contributed by atoms with Crippen LogP contribution in [0.1, 0.15) is 25.0 Å². The second kappa shape index (κ2) is 6.78. The van der Waals surface area contributed by atoms with E-state index in [0.717, 1.165) is 11.3 Å². The van der Waals surface area contributed by atoms with Crippen LogP contribution in [0, 0.1) is 11.3 Å². The van der Waals surface area contributed by atoms with Gasteiger partial charge in [0.15, 0.2) is 0 Å². The molecule has 0 bridgehead atoms. The standard InChI is InChI=1S/C20H20ClN3O/c1-20(2)19(25)23(14-15-6-4-3-5-7-15)10-11-24(20)17-9-8-16(13-22)18(21)12-17/h3-9,12H,10-11,14H2,1-2H3. The number of hydrogen-bond donors (Lipinski definition) is 0. The fourth-order valence-electron chi connectivity index (χ4n) is 3.27. The lowest BCUT2D eigenvalue weighted by Gasteiger charge is -2.47. The summed E-state index contributed by atoms with van der Waals surface area (Å²) in [7, 11) is 0. The fourth-order valence-corrected chi connectivity index (χ4v) is 3.49. The highest BCUT2D eigenvalue weighted by atomic mass is 35.5. The van der Waals surface area contributed by atoms with Gasteiger partial charge < -0.3 is 9.80 Å². The monoisotopic (exact) mass is 353 g/mol. The second-order valence-corrected chi connectivity index (χ2v) is 7.11. The Morgan fingerprint density at radius 3 is 2.52 bits per heavy atom. The van der Waals surface area contributed by atoms with E-state index in [1.807, 2.05) is 55.1 Å². The van der Waals surface area contributed by atoms with Crippen molar-refractivity contribution in [3.63, 3.8) is 0 Å². The van der Waals surface area contributed by atoms with Crippen molar-refractivity contribution in [2.75, 3.05) is 18.0 Å². The van der Waals surface area contributed by atoms with E-state index in [1.54, 1.807) is 12.1 Å². The molecule has 0 N–H and O–H groups in total. The highest BCUT2D eigenvalue weighted by molar-refractivity contribution is 6.32. The molecule has 0 atom stereocenters. The fraction of sp³-hybridized carbons (Fsp3) is 0.300. The van der Waals surface area contributed by atoms with Crippen LogP contribution in [0.2, 0.25) is 5.02 Å². The van der Waals surface area contributed by atoms with E-state index in [-0.39, 0.29) is 5.91 Å². The van der Waals surface area contributed by atoms with Crippen LogP contribution >= 0.6 is 11.6 Å². The third kappa shape index (κ3) is 3.33. The molecule has 1 amide bonds. The molecule has 25 heavy (non-hydrogen) atoms. The number of amides is 1. The lowest BCUT2D eigenvalue weighted by atomic mass is 9.95. The molecular formula is C20H20ClN3O. The van der Waals surface area contributed by atoms with Crippen LogP contribution in [0.15, 0.2) is 48.5 Å². The van der Waals surface area contributed by atoms with E-state index in [4.69, 9.17) is 16.9 Å². The average Bonchev–Trinajstić information content (AvgIpc) is 2.60. The molecule has 0 spiro atoms. The van der Waals surface area contributed by atoms with Gasteiger partial charge in [-0.15, -0.1) is 0 Å². The highest BCUT2D eigenvalue weighted by Crippen LogP contribution is 2.32. The smallest absolute Gasteiger partial charge is 0.248 e. The van der Waals surface area contributed by atoms with Gasteiger partial charge in [-0.1, -0.05) is 41.9 Å². The number of piperazine rings is 1. The van der Waals surface area contributed by atoms with Gasteiger partial charge >= 0.3 is 0 Å². The first kappa shape index (κ1) is 17.3. The number of rotatable bonds is 3. The third-order valence-corrected chi connectivity index (χ3v) is 4.99. The van der Waals surface area contributed by atoms with Crippen LogP contribution in [0.3, 0.4) is 0 Å². The van der Waals surface area contributed by atoms with Crippen LogP contribution in [0.4, 0.5) is 5.69 Å². The number of benzene rings is 2. The molecule has 1 saturated heterocycles. The Balaban J connectivity index is 1.83. The van der Waals surface area contributed by atoms with Gasteiger partial charge in [-0.2, -0.15) is 5.26 Å². The summed E-state index contributed by atoms with van der Waals surface area (Å²) < 4.78 is 0. The summed E-state index contributed by atoms with van der Waals surface area (Å²) in [6.07, 6.45) is 0. The van der Waals surface area contributed by atoms with Gasteiger partial charge in [0.1, 0.15) is 11.6 Å². The van der Waals surface area contributed by atoms with Gasteiger partial charge in [-0.05, 0) is 37.6 Å². The zero-order valence-corrected chi connectivity index (χ0v) is 15.1. The maximum Gasteiger partial charge on any atom is 0.248 e. The molecule has 128 valence electrons. The highest BCUT2D eigenvalue weighted by Gasteiger charge is 2.41. The molecule has 0 aromatic heterocycles. The van der Waals surface area contributed by atoms with E-state index in [0.29, 0.717) is 30.2 Å². The van der Waals surface area contributed by atoms with Crippen molar-refractivity contribution in [1.29, 1.82) is 5.26 Å². The van der Waals surface area contributed by atoms with Gasteiger partial charge in [0.05, 0.1) is 10.6 Å². The lowest BCUT2D eigenvalue weighted by Crippen LogP contribution is -2.63. The molecule has 3 rings (SSSR count). The van der Waals surface area contributed by atoms with Crippen molar-refractivity contribution in [3.8, 4) is 6.07 Å². The number of hydrogen-bond acceptors (Lipinski definition) is 3. The molecule has 1 aliphatic rings. The van der Waals surface area contributed by atoms with E-state index < -0.39 is 5.54 Å². The van der Waals surface area contributed by atoms with Crippen LogP contribution in [-0.2, 0) is 11.3 Å². The summed E-state index contributed by atoms with van der Waals surface area (Å²) in [6.45, 7) is 5.84. The Kier molecular flexibility index (Phi) is 4.69. The first-order chi connectivity index (χ1) is 11.9. The van der Waals surface area contributed by atoms with Crippen LogP contribution in [0.5, 0.6) is 0 Å². The lowest BCUT2D eigenvalue weighted by molar-refractivity contribution is -0.138. The van der Waals surface area contributed by atoms with Gasteiger partial charge in [0.2, 0.25) is 5.91 Å². The molecule has 1 heterocycles. The largest absolute Gasteiger partial charge is 0.356 e. The van der Waals surface area contributed by atoms with E-state index >= 15 is 0 Å². The summed E-state index contributed by atoms with van der Waals surface area (Å²) in [5, 5.41) is 9.44. The number of nitrogens with zero attached hydrogens (tertiary/aromatic N) is 3. The molecule has 5 heteroatoms. The molecule has 1 aliphatic heterocycles. The second-order valence-electron chi connectivity index (χ2n) is 6.70. The van der Waals surface area contributed by atoms with Crippen molar-refractivity contribution in [1.82, 2.24) is 4.90 Å². The minimum atomic E-state index is -0.676. The van der Waals surface area contributed by atoms with Gasteiger partial charge in [0, 0.05) is 25.3 Å². The third-order valence-electron chi connectivity index (χ3n) is 4.68. The molecule has 0 aliphatic carbocycles. The topological polar surface area (TPSA) is 47.3 Å². The molecule has 0 unspecified atom stereocenters. The maximum absolute atomic E-state index is 13.0. The molecule has 2 aromatic carbocycles. The van der Waals surface area contributed by atoms with Gasteiger partial charge in [-0.25, -0.2) is 0 Å². The Morgan fingerprint density at radius 1 is 1.16 bits per heavy atom. The summed E-state index contributed by atoms with van der Waals surface area (Å²) >= 11 is 6.17.